The van der Waals surface area contributed by atoms with Crippen molar-refractivity contribution in [2.24, 2.45) is 0 Å². The van der Waals surface area contributed by atoms with Gasteiger partial charge in [-0.1, -0.05) is 5.16 Å². The number of hydrogen-bond donors (Lipinski definition) is 0. The monoisotopic (exact) mass is 457 g/mol. The molecule has 3 rings (SSSR count). The molecule has 1 aliphatic heterocycles. The number of rotatable bonds is 10. The highest BCUT2D eigenvalue weighted by atomic mass is 16.5. The minimum atomic E-state index is 0.0766. The van der Waals surface area contributed by atoms with Gasteiger partial charge in [-0.2, -0.15) is 4.98 Å². The molecule has 9 nitrogen and oxygen atoms in total. The number of benzene rings is 1. The lowest BCUT2D eigenvalue weighted by Gasteiger charge is -2.25. The van der Waals surface area contributed by atoms with Crippen LogP contribution in [0, 0.1) is 0 Å². The molecule has 2 heterocycles. The molecule has 0 saturated carbocycles. The summed E-state index contributed by atoms with van der Waals surface area (Å²) in [6.07, 6.45) is 1.59. The largest absolute Gasteiger partial charge is 0.494 e. The van der Waals surface area contributed by atoms with E-state index in [4.69, 9.17) is 9.26 Å². The Labute approximate surface area is 195 Å². The van der Waals surface area contributed by atoms with Gasteiger partial charge in [-0.25, -0.2) is 0 Å². The fraction of sp³-hybridized carbons (Fsp3) is 0.583. The van der Waals surface area contributed by atoms with Crippen molar-refractivity contribution < 1.29 is 18.8 Å². The predicted molar refractivity (Wildman–Crippen MR) is 125 cm³/mol. The molecule has 0 bridgehead atoms. The van der Waals surface area contributed by atoms with Gasteiger partial charge in [0.05, 0.1) is 13.2 Å². The Bertz CT molecular complexity index is 895. The van der Waals surface area contributed by atoms with Crippen LogP contribution in [0.2, 0.25) is 0 Å². The lowest BCUT2D eigenvalue weighted by molar-refractivity contribution is -0.132. The number of carbonyl (C=O) groups excluding carboxylic acids is 2. The molecular formula is C24H35N5O4. The second-order valence-corrected chi connectivity index (χ2v) is 8.05. The zero-order valence-corrected chi connectivity index (χ0v) is 20.0. The zero-order chi connectivity index (χ0) is 23.6. The van der Waals surface area contributed by atoms with Crippen molar-refractivity contribution in [3.05, 3.63) is 30.2 Å². The van der Waals surface area contributed by atoms with E-state index in [0.717, 1.165) is 37.4 Å². The zero-order valence-electron chi connectivity index (χ0n) is 20.0. The van der Waals surface area contributed by atoms with Gasteiger partial charge in [0.25, 0.3) is 0 Å². The van der Waals surface area contributed by atoms with Gasteiger partial charge in [-0.3, -0.25) is 14.5 Å². The van der Waals surface area contributed by atoms with Crippen molar-refractivity contribution in [2.75, 3.05) is 52.4 Å². The number of amides is 2. The van der Waals surface area contributed by atoms with Crippen molar-refractivity contribution in [1.82, 2.24) is 24.8 Å². The predicted octanol–water partition coefficient (Wildman–Crippen LogP) is 2.47. The molecule has 33 heavy (non-hydrogen) atoms. The van der Waals surface area contributed by atoms with Gasteiger partial charge in [0.1, 0.15) is 5.75 Å². The number of aromatic nitrogens is 2. The van der Waals surface area contributed by atoms with E-state index in [0.29, 0.717) is 57.3 Å². The molecule has 0 unspecified atom stereocenters. The van der Waals surface area contributed by atoms with E-state index in [2.05, 4.69) is 15.0 Å². The third-order valence-electron chi connectivity index (χ3n) is 5.86. The molecule has 180 valence electrons. The molecule has 9 heteroatoms. The first kappa shape index (κ1) is 24.7. The Hall–Kier alpha value is -2.94. The highest BCUT2D eigenvalue weighted by molar-refractivity contribution is 5.78. The number of likely N-dealkylation sites (N-methyl/N-ethyl adjacent to an activating group) is 1. The fourth-order valence-corrected chi connectivity index (χ4v) is 3.96. The topological polar surface area (TPSA) is 92.0 Å². The Morgan fingerprint density at radius 1 is 1.06 bits per heavy atom. The molecule has 0 atom stereocenters. The van der Waals surface area contributed by atoms with E-state index in [1.54, 1.807) is 0 Å². The molecule has 1 saturated heterocycles. The molecule has 0 N–H and O–H groups in total. The molecule has 0 aliphatic carbocycles. The Morgan fingerprint density at radius 3 is 2.52 bits per heavy atom. The summed E-state index contributed by atoms with van der Waals surface area (Å²) < 4.78 is 10.8. The lowest BCUT2D eigenvalue weighted by Crippen LogP contribution is -2.42. The Kier molecular flexibility index (Phi) is 9.24. The van der Waals surface area contributed by atoms with Gasteiger partial charge < -0.3 is 19.1 Å². The fourth-order valence-electron chi connectivity index (χ4n) is 3.96. The first-order valence-electron chi connectivity index (χ1n) is 11.9. The molecule has 1 aromatic carbocycles. The maximum absolute atomic E-state index is 12.8. The minimum Gasteiger partial charge on any atom is -0.494 e. The highest BCUT2D eigenvalue weighted by Gasteiger charge is 2.22. The molecule has 1 aromatic heterocycles. The second kappa shape index (κ2) is 12.3. The smallest absolute Gasteiger partial charge is 0.236 e. The van der Waals surface area contributed by atoms with Crippen molar-refractivity contribution in [2.45, 2.75) is 40.0 Å². The number of aryl methyl sites for hydroxylation is 1. The molecule has 2 amide bonds. The molecule has 1 fully saturated rings. The van der Waals surface area contributed by atoms with Crippen LogP contribution in [-0.2, 0) is 16.0 Å². The summed E-state index contributed by atoms with van der Waals surface area (Å²) in [5.74, 6) is 1.98. The van der Waals surface area contributed by atoms with Crippen LogP contribution < -0.4 is 4.74 Å². The third kappa shape index (κ3) is 7.02. The Balaban J connectivity index is 1.46. The van der Waals surface area contributed by atoms with Crippen LogP contribution in [0.15, 0.2) is 28.8 Å². The standard InChI is InChI=1S/C24H35N5O4/c1-4-28(5-2)23(31)18-27-14-7-15-29(17-16-27)22(30)13-12-21-25-24(26-33-21)19-8-10-20(11-9-19)32-6-3/h8-11H,4-7,12-18H2,1-3H3. The molecule has 0 spiro atoms. The summed E-state index contributed by atoms with van der Waals surface area (Å²) in [5, 5.41) is 4.04. The van der Waals surface area contributed by atoms with Gasteiger partial charge in [0.15, 0.2) is 0 Å². The van der Waals surface area contributed by atoms with Crippen LogP contribution in [0.5, 0.6) is 5.75 Å². The maximum Gasteiger partial charge on any atom is 0.236 e. The van der Waals surface area contributed by atoms with E-state index >= 15 is 0 Å². The highest BCUT2D eigenvalue weighted by Crippen LogP contribution is 2.20. The SMILES string of the molecule is CCOc1ccc(-c2noc(CCC(=O)N3CCCN(CC(=O)N(CC)CC)CC3)n2)cc1. The van der Waals surface area contributed by atoms with E-state index in [9.17, 15) is 9.59 Å². The quantitative estimate of drug-likeness (QED) is 0.541. The van der Waals surface area contributed by atoms with Gasteiger partial charge in [-0.05, 0) is 51.5 Å². The van der Waals surface area contributed by atoms with Crippen LogP contribution in [-0.4, -0.2) is 89.1 Å². The number of hydrogen-bond acceptors (Lipinski definition) is 7. The van der Waals surface area contributed by atoms with Crippen LogP contribution >= 0.6 is 0 Å². The summed E-state index contributed by atoms with van der Waals surface area (Å²) >= 11 is 0. The summed E-state index contributed by atoms with van der Waals surface area (Å²) in [6.45, 7) is 11.3. The number of carbonyl (C=O) groups is 2. The molecule has 1 aliphatic rings. The van der Waals surface area contributed by atoms with Gasteiger partial charge >= 0.3 is 0 Å². The van der Waals surface area contributed by atoms with Crippen molar-refractivity contribution in [3.8, 4) is 17.1 Å². The van der Waals surface area contributed by atoms with Gasteiger partial charge in [0.2, 0.25) is 23.5 Å². The van der Waals surface area contributed by atoms with Crippen molar-refractivity contribution in [1.29, 1.82) is 0 Å². The maximum atomic E-state index is 12.8. The first-order valence-corrected chi connectivity index (χ1v) is 11.9. The van der Waals surface area contributed by atoms with E-state index < -0.39 is 0 Å². The van der Waals surface area contributed by atoms with E-state index in [1.165, 1.54) is 0 Å². The Morgan fingerprint density at radius 2 is 1.82 bits per heavy atom. The molecule has 0 radical (unpaired) electrons. The van der Waals surface area contributed by atoms with Crippen LogP contribution in [0.1, 0.15) is 39.5 Å². The first-order chi connectivity index (χ1) is 16.0. The summed E-state index contributed by atoms with van der Waals surface area (Å²) in [6, 6.07) is 7.52. The minimum absolute atomic E-state index is 0.0766. The van der Waals surface area contributed by atoms with Gasteiger partial charge in [-0.15, -0.1) is 0 Å². The average Bonchev–Trinajstić information content (AvgIpc) is 3.18. The van der Waals surface area contributed by atoms with E-state index in [1.807, 2.05) is 54.8 Å². The van der Waals surface area contributed by atoms with Crippen LogP contribution in [0.4, 0.5) is 0 Å². The van der Waals surface area contributed by atoms with Crippen molar-refractivity contribution >= 4 is 11.8 Å². The van der Waals surface area contributed by atoms with Crippen LogP contribution in [0.3, 0.4) is 0 Å². The second-order valence-electron chi connectivity index (χ2n) is 8.05. The van der Waals surface area contributed by atoms with Crippen molar-refractivity contribution in [3.63, 3.8) is 0 Å². The van der Waals surface area contributed by atoms with E-state index in [-0.39, 0.29) is 11.8 Å². The van der Waals surface area contributed by atoms with Gasteiger partial charge in [0, 0.05) is 57.7 Å². The normalized spacial score (nSPS) is 14.7. The summed E-state index contributed by atoms with van der Waals surface area (Å²) in [7, 11) is 0. The lowest BCUT2D eigenvalue weighted by atomic mass is 10.2. The number of nitrogens with zero attached hydrogens (tertiary/aromatic N) is 5. The average molecular weight is 458 g/mol. The molecule has 2 aromatic rings. The molecular weight excluding hydrogens is 422 g/mol. The number of ether oxygens (including phenoxy) is 1. The summed E-state index contributed by atoms with van der Waals surface area (Å²) in [5.41, 5.74) is 0.839. The summed E-state index contributed by atoms with van der Waals surface area (Å²) in [4.78, 5) is 35.4. The third-order valence-corrected chi connectivity index (χ3v) is 5.86. The van der Waals surface area contributed by atoms with Crippen LogP contribution in [0.25, 0.3) is 11.4 Å².